The Labute approximate surface area is 193 Å². The van der Waals surface area contributed by atoms with Crippen molar-refractivity contribution < 1.29 is 19.0 Å². The van der Waals surface area contributed by atoms with Gasteiger partial charge in [-0.25, -0.2) is 4.79 Å². The van der Waals surface area contributed by atoms with Gasteiger partial charge in [-0.15, -0.1) is 0 Å². The minimum atomic E-state index is -0.762. The van der Waals surface area contributed by atoms with Crippen molar-refractivity contribution in [3.05, 3.63) is 53.1 Å². The molecule has 0 N–H and O–H groups in total. The number of carbonyl (C=O) groups excluding carboxylic acids is 1. The summed E-state index contributed by atoms with van der Waals surface area (Å²) >= 11 is 0. The van der Waals surface area contributed by atoms with Crippen LogP contribution < -0.4 is 14.2 Å². The first kappa shape index (κ1) is 24.2. The summed E-state index contributed by atoms with van der Waals surface area (Å²) in [7, 11) is 1.57. The van der Waals surface area contributed by atoms with Gasteiger partial charge in [0.2, 0.25) is 0 Å². The summed E-state index contributed by atoms with van der Waals surface area (Å²) in [6.45, 7) is 13.6. The van der Waals surface area contributed by atoms with Gasteiger partial charge in [0.1, 0.15) is 5.75 Å². The standard InChI is InChI=1S/C28H38O4/c1-8-9-21-10-12-24(25(17-21)30-7)32-26(29)31-23-13-11-22(16-19(23)2)28(6)15-14-27(4,5)20(3)18-28/h10-13,16-17,20H,8-9,14-15,18H2,1-7H3. The van der Waals surface area contributed by atoms with Crippen LogP contribution in [0.1, 0.15) is 77.0 Å². The van der Waals surface area contributed by atoms with Gasteiger partial charge in [0, 0.05) is 0 Å². The van der Waals surface area contributed by atoms with E-state index < -0.39 is 6.16 Å². The van der Waals surface area contributed by atoms with E-state index in [2.05, 4.69) is 46.8 Å². The normalized spacial score (nSPS) is 22.3. The van der Waals surface area contributed by atoms with Crippen molar-refractivity contribution in [2.75, 3.05) is 7.11 Å². The van der Waals surface area contributed by atoms with Crippen LogP contribution in [0.5, 0.6) is 17.2 Å². The third-order valence-corrected chi connectivity index (χ3v) is 7.44. The molecular formula is C28H38O4. The maximum atomic E-state index is 12.5. The van der Waals surface area contributed by atoms with Crippen molar-refractivity contribution in [2.24, 2.45) is 11.3 Å². The summed E-state index contributed by atoms with van der Waals surface area (Å²) in [5.41, 5.74) is 3.92. The van der Waals surface area contributed by atoms with E-state index in [-0.39, 0.29) is 5.41 Å². The summed E-state index contributed by atoms with van der Waals surface area (Å²) in [5, 5.41) is 0. The molecule has 1 saturated carbocycles. The molecule has 174 valence electrons. The van der Waals surface area contributed by atoms with Crippen molar-refractivity contribution >= 4 is 6.16 Å². The molecular weight excluding hydrogens is 400 g/mol. The molecule has 2 atom stereocenters. The molecule has 4 nitrogen and oxygen atoms in total. The predicted octanol–water partition coefficient (Wildman–Crippen LogP) is 7.64. The van der Waals surface area contributed by atoms with Crippen molar-refractivity contribution in [3.8, 4) is 17.2 Å². The average molecular weight is 439 g/mol. The molecule has 2 aromatic carbocycles. The molecule has 0 bridgehead atoms. The number of benzene rings is 2. The fourth-order valence-electron chi connectivity index (χ4n) is 4.74. The van der Waals surface area contributed by atoms with E-state index in [4.69, 9.17) is 14.2 Å². The number of aryl methyl sites for hydroxylation is 2. The van der Waals surface area contributed by atoms with Gasteiger partial charge in [-0.05, 0) is 84.2 Å². The molecule has 1 aliphatic carbocycles. The number of hydrogen-bond donors (Lipinski definition) is 0. The largest absolute Gasteiger partial charge is 0.519 e. The number of ether oxygens (including phenoxy) is 3. The Morgan fingerprint density at radius 3 is 2.31 bits per heavy atom. The SMILES string of the molecule is CCCc1ccc(OC(=O)Oc2ccc(C3(C)CCC(C)(C)C(C)C3)cc2C)c(OC)c1. The molecule has 0 amide bonds. The average Bonchev–Trinajstić information content (AvgIpc) is 2.74. The molecule has 32 heavy (non-hydrogen) atoms. The van der Waals surface area contributed by atoms with Crippen LogP contribution in [0.3, 0.4) is 0 Å². The Kier molecular flexibility index (Phi) is 7.22. The number of hydrogen-bond acceptors (Lipinski definition) is 4. The van der Waals surface area contributed by atoms with E-state index in [0.29, 0.717) is 28.6 Å². The van der Waals surface area contributed by atoms with Crippen molar-refractivity contribution in [3.63, 3.8) is 0 Å². The highest BCUT2D eigenvalue weighted by molar-refractivity contribution is 5.69. The highest BCUT2D eigenvalue weighted by atomic mass is 16.7. The van der Waals surface area contributed by atoms with Crippen molar-refractivity contribution in [1.29, 1.82) is 0 Å². The fourth-order valence-corrected chi connectivity index (χ4v) is 4.74. The van der Waals surface area contributed by atoms with Crippen molar-refractivity contribution in [2.45, 2.75) is 79.1 Å². The minimum Gasteiger partial charge on any atom is -0.493 e. The monoisotopic (exact) mass is 438 g/mol. The lowest BCUT2D eigenvalue weighted by Gasteiger charge is -2.46. The van der Waals surface area contributed by atoms with Crippen LogP contribution in [0.25, 0.3) is 0 Å². The number of rotatable bonds is 6. The zero-order valence-corrected chi connectivity index (χ0v) is 20.7. The van der Waals surface area contributed by atoms with E-state index in [0.717, 1.165) is 30.4 Å². The number of carbonyl (C=O) groups is 1. The summed E-state index contributed by atoms with van der Waals surface area (Å²) in [4.78, 5) is 12.5. The zero-order chi connectivity index (χ0) is 23.5. The van der Waals surface area contributed by atoms with Crippen LogP contribution in [0.15, 0.2) is 36.4 Å². The van der Waals surface area contributed by atoms with E-state index in [1.807, 2.05) is 25.1 Å². The van der Waals surface area contributed by atoms with E-state index in [9.17, 15) is 4.79 Å². The van der Waals surface area contributed by atoms with Crippen LogP contribution in [-0.2, 0) is 11.8 Å². The Morgan fingerprint density at radius 1 is 1.00 bits per heavy atom. The lowest BCUT2D eigenvalue weighted by molar-refractivity contribution is 0.0980. The fraction of sp³-hybridized carbons (Fsp3) is 0.536. The molecule has 4 heteroatoms. The van der Waals surface area contributed by atoms with Gasteiger partial charge in [-0.3, -0.25) is 0 Å². The second-order valence-corrected chi connectivity index (χ2v) is 10.3. The van der Waals surface area contributed by atoms with Gasteiger partial charge in [0.25, 0.3) is 0 Å². The van der Waals surface area contributed by atoms with Gasteiger partial charge in [-0.2, -0.15) is 0 Å². The molecule has 1 aliphatic rings. The maximum absolute atomic E-state index is 12.5. The van der Waals surface area contributed by atoms with E-state index >= 15 is 0 Å². The Hall–Kier alpha value is -2.49. The molecule has 0 aliphatic heterocycles. The second kappa shape index (κ2) is 9.56. The highest BCUT2D eigenvalue weighted by Crippen LogP contribution is 2.50. The Morgan fingerprint density at radius 2 is 1.69 bits per heavy atom. The Bertz CT molecular complexity index is 962. The van der Waals surface area contributed by atoms with Crippen LogP contribution in [0.2, 0.25) is 0 Å². The molecule has 0 saturated heterocycles. The van der Waals surface area contributed by atoms with Gasteiger partial charge < -0.3 is 14.2 Å². The van der Waals surface area contributed by atoms with E-state index in [1.165, 1.54) is 18.4 Å². The summed E-state index contributed by atoms with van der Waals surface area (Å²) in [5.74, 6) is 2.07. The molecule has 0 radical (unpaired) electrons. The first-order valence-electron chi connectivity index (χ1n) is 11.8. The molecule has 2 aromatic rings. The smallest absolute Gasteiger partial charge is 0.493 e. The summed E-state index contributed by atoms with van der Waals surface area (Å²) in [6.07, 6.45) is 4.77. The molecule has 0 spiro atoms. The van der Waals surface area contributed by atoms with Gasteiger partial charge in [-0.1, -0.05) is 59.2 Å². The van der Waals surface area contributed by atoms with Crippen LogP contribution in [0.4, 0.5) is 4.79 Å². The molecule has 3 rings (SSSR count). The topological polar surface area (TPSA) is 44.8 Å². The molecule has 0 aromatic heterocycles. The highest BCUT2D eigenvalue weighted by Gasteiger charge is 2.40. The Balaban J connectivity index is 1.70. The lowest BCUT2D eigenvalue weighted by Crippen LogP contribution is -2.38. The third kappa shape index (κ3) is 5.28. The van der Waals surface area contributed by atoms with E-state index in [1.54, 1.807) is 13.2 Å². The van der Waals surface area contributed by atoms with Crippen molar-refractivity contribution in [1.82, 2.24) is 0 Å². The third-order valence-electron chi connectivity index (χ3n) is 7.44. The first-order valence-corrected chi connectivity index (χ1v) is 11.8. The second-order valence-electron chi connectivity index (χ2n) is 10.3. The molecule has 1 fully saturated rings. The minimum absolute atomic E-state index is 0.145. The quantitative estimate of drug-likeness (QED) is 0.343. The van der Waals surface area contributed by atoms with Gasteiger partial charge >= 0.3 is 6.16 Å². The summed E-state index contributed by atoms with van der Waals surface area (Å²) < 4.78 is 16.4. The molecule has 0 heterocycles. The zero-order valence-electron chi connectivity index (χ0n) is 20.7. The van der Waals surface area contributed by atoms with Gasteiger partial charge in [0.05, 0.1) is 7.11 Å². The number of methoxy groups -OCH3 is 1. The summed E-state index contributed by atoms with van der Waals surface area (Å²) in [6, 6.07) is 11.8. The van der Waals surface area contributed by atoms with Crippen LogP contribution in [-0.4, -0.2) is 13.3 Å². The van der Waals surface area contributed by atoms with Gasteiger partial charge in [0.15, 0.2) is 11.5 Å². The predicted molar refractivity (Wildman–Crippen MR) is 129 cm³/mol. The van der Waals surface area contributed by atoms with Crippen LogP contribution >= 0.6 is 0 Å². The molecule has 2 unspecified atom stereocenters. The lowest BCUT2D eigenvalue weighted by atomic mass is 9.58. The first-order chi connectivity index (χ1) is 15.1. The maximum Gasteiger partial charge on any atom is 0.519 e. The van der Waals surface area contributed by atoms with Crippen LogP contribution in [0, 0.1) is 18.3 Å².